The smallest absolute Gasteiger partial charge is 0.349 e. The van der Waals surface area contributed by atoms with Crippen molar-refractivity contribution in [2.24, 2.45) is 5.92 Å². The molecule has 9 heteroatoms. The number of carbonyl (C=O) groups excluding carboxylic acids is 2. The van der Waals surface area contributed by atoms with Gasteiger partial charge in [-0.05, 0) is 44.2 Å². The summed E-state index contributed by atoms with van der Waals surface area (Å²) >= 11 is 0. The number of para-hydroxylation sites is 1. The summed E-state index contributed by atoms with van der Waals surface area (Å²) in [6.45, 7) is 6.61. The lowest BCUT2D eigenvalue weighted by Crippen LogP contribution is -2.48. The van der Waals surface area contributed by atoms with Crippen LogP contribution in [0.3, 0.4) is 0 Å². The SMILES string of the molecule is CCC(CC)C(=O)N1CCC(NC(=O)c2cnn(-c3ccccc3C)c2C(F)(F)F)CC1. The van der Waals surface area contributed by atoms with Gasteiger partial charge in [0.05, 0.1) is 17.4 Å². The summed E-state index contributed by atoms with van der Waals surface area (Å²) in [5, 5.41) is 6.60. The van der Waals surface area contributed by atoms with Gasteiger partial charge in [-0.1, -0.05) is 32.0 Å². The number of nitrogens with zero attached hydrogens (tertiary/aromatic N) is 3. The maximum atomic E-state index is 13.9. The molecule has 1 aliphatic rings. The van der Waals surface area contributed by atoms with E-state index < -0.39 is 23.3 Å². The Balaban J connectivity index is 1.74. The first-order valence-corrected chi connectivity index (χ1v) is 11.0. The van der Waals surface area contributed by atoms with Crippen LogP contribution in [0.2, 0.25) is 0 Å². The van der Waals surface area contributed by atoms with Crippen LogP contribution in [0.5, 0.6) is 0 Å². The average molecular weight is 451 g/mol. The van der Waals surface area contributed by atoms with Crippen molar-refractivity contribution in [2.75, 3.05) is 13.1 Å². The van der Waals surface area contributed by atoms with E-state index in [1.807, 2.05) is 13.8 Å². The second-order valence-corrected chi connectivity index (χ2v) is 8.19. The molecule has 0 aliphatic carbocycles. The Morgan fingerprint density at radius 3 is 2.34 bits per heavy atom. The van der Waals surface area contributed by atoms with Crippen molar-refractivity contribution in [3.63, 3.8) is 0 Å². The third kappa shape index (κ3) is 4.97. The molecule has 32 heavy (non-hydrogen) atoms. The van der Waals surface area contributed by atoms with Gasteiger partial charge in [0.1, 0.15) is 0 Å². The van der Waals surface area contributed by atoms with E-state index in [4.69, 9.17) is 0 Å². The standard InChI is InChI=1S/C23H29F3N4O2/c1-4-16(5-2)22(32)29-12-10-17(11-13-29)28-21(31)18-14-27-30(20(18)23(24,25)26)19-9-7-6-8-15(19)3/h6-9,14,16-17H,4-5,10-13H2,1-3H3,(H,28,31). The summed E-state index contributed by atoms with van der Waals surface area (Å²) in [4.78, 5) is 27.1. The highest BCUT2D eigenvalue weighted by Crippen LogP contribution is 2.34. The molecule has 0 spiro atoms. The fourth-order valence-electron chi connectivity index (χ4n) is 4.17. The minimum atomic E-state index is -4.75. The molecule has 0 atom stereocenters. The Morgan fingerprint density at radius 1 is 1.16 bits per heavy atom. The zero-order valence-electron chi connectivity index (χ0n) is 18.6. The van der Waals surface area contributed by atoms with E-state index in [1.54, 1.807) is 30.0 Å². The number of hydrogen-bond donors (Lipinski definition) is 1. The Morgan fingerprint density at radius 2 is 1.78 bits per heavy atom. The topological polar surface area (TPSA) is 67.2 Å². The Labute approximate surface area is 185 Å². The van der Waals surface area contributed by atoms with Crippen LogP contribution in [0.15, 0.2) is 30.5 Å². The first-order chi connectivity index (χ1) is 15.2. The van der Waals surface area contributed by atoms with Crippen LogP contribution in [0.25, 0.3) is 5.69 Å². The van der Waals surface area contributed by atoms with Crippen LogP contribution in [-0.4, -0.2) is 45.6 Å². The third-order valence-electron chi connectivity index (χ3n) is 6.10. The van der Waals surface area contributed by atoms with Crippen molar-refractivity contribution >= 4 is 11.8 Å². The van der Waals surface area contributed by atoms with Crippen molar-refractivity contribution in [3.8, 4) is 5.69 Å². The number of alkyl halides is 3. The molecule has 2 heterocycles. The summed E-state index contributed by atoms with van der Waals surface area (Å²) < 4.78 is 42.5. The normalized spacial score (nSPS) is 15.3. The molecule has 174 valence electrons. The van der Waals surface area contributed by atoms with Gasteiger partial charge in [-0.15, -0.1) is 0 Å². The molecule has 6 nitrogen and oxygen atoms in total. The highest BCUT2D eigenvalue weighted by atomic mass is 19.4. The number of benzene rings is 1. The summed E-state index contributed by atoms with van der Waals surface area (Å²) in [6.07, 6.45) is -1.23. The van der Waals surface area contributed by atoms with Crippen LogP contribution >= 0.6 is 0 Å². The maximum absolute atomic E-state index is 13.9. The summed E-state index contributed by atoms with van der Waals surface area (Å²) in [7, 11) is 0. The lowest BCUT2D eigenvalue weighted by molar-refractivity contribution is -0.143. The maximum Gasteiger partial charge on any atom is 0.434 e. The summed E-state index contributed by atoms with van der Waals surface area (Å²) in [6, 6.07) is 6.28. The quantitative estimate of drug-likeness (QED) is 0.711. The van der Waals surface area contributed by atoms with Gasteiger partial charge >= 0.3 is 6.18 Å². The fraction of sp³-hybridized carbons (Fsp3) is 0.522. The highest BCUT2D eigenvalue weighted by molar-refractivity contribution is 5.95. The molecule has 0 radical (unpaired) electrons. The minimum Gasteiger partial charge on any atom is -0.349 e. The largest absolute Gasteiger partial charge is 0.434 e. The molecule has 1 saturated heterocycles. The lowest BCUT2D eigenvalue weighted by atomic mass is 9.98. The first-order valence-electron chi connectivity index (χ1n) is 11.0. The van der Waals surface area contributed by atoms with Gasteiger partial charge in [-0.3, -0.25) is 9.59 Å². The average Bonchev–Trinajstić information content (AvgIpc) is 3.21. The summed E-state index contributed by atoms with van der Waals surface area (Å²) in [5.74, 6) is -0.705. The van der Waals surface area contributed by atoms with Gasteiger partial charge in [0.2, 0.25) is 5.91 Å². The number of amides is 2. The lowest BCUT2D eigenvalue weighted by Gasteiger charge is -2.34. The van der Waals surface area contributed by atoms with E-state index in [-0.39, 0.29) is 23.6 Å². The highest BCUT2D eigenvalue weighted by Gasteiger charge is 2.41. The first kappa shape index (κ1) is 23.8. The molecule has 0 saturated carbocycles. The molecule has 1 fully saturated rings. The molecule has 3 rings (SSSR count). The van der Waals surface area contributed by atoms with Crippen molar-refractivity contribution in [1.29, 1.82) is 0 Å². The fourth-order valence-corrected chi connectivity index (χ4v) is 4.17. The van der Waals surface area contributed by atoms with Crippen molar-refractivity contribution in [1.82, 2.24) is 20.0 Å². The Bertz CT molecular complexity index is 958. The van der Waals surface area contributed by atoms with E-state index in [0.29, 0.717) is 31.5 Å². The number of carbonyl (C=O) groups is 2. The van der Waals surface area contributed by atoms with E-state index in [9.17, 15) is 22.8 Å². The van der Waals surface area contributed by atoms with Crippen molar-refractivity contribution in [3.05, 3.63) is 47.3 Å². The molecule has 1 aliphatic heterocycles. The number of halogens is 3. The number of hydrogen-bond acceptors (Lipinski definition) is 3. The van der Waals surface area contributed by atoms with Gasteiger partial charge in [0.25, 0.3) is 5.91 Å². The van der Waals surface area contributed by atoms with Crippen LogP contribution in [0, 0.1) is 12.8 Å². The van der Waals surface area contributed by atoms with E-state index in [2.05, 4.69) is 10.4 Å². The predicted octanol–water partition coefficient (Wildman–Crippen LogP) is 4.36. The molecule has 1 aromatic heterocycles. The number of rotatable bonds is 6. The zero-order valence-corrected chi connectivity index (χ0v) is 18.6. The van der Waals surface area contributed by atoms with Gasteiger partial charge in [0, 0.05) is 25.0 Å². The Hall–Kier alpha value is -2.84. The number of piperidine rings is 1. The molecule has 0 unspecified atom stereocenters. The second-order valence-electron chi connectivity index (χ2n) is 8.19. The van der Waals surface area contributed by atoms with E-state index >= 15 is 0 Å². The molecule has 2 aromatic rings. The second kappa shape index (κ2) is 9.75. The van der Waals surface area contributed by atoms with Gasteiger partial charge in [-0.25, -0.2) is 4.68 Å². The van der Waals surface area contributed by atoms with E-state index in [1.165, 1.54) is 6.07 Å². The van der Waals surface area contributed by atoms with Crippen LogP contribution in [0.4, 0.5) is 13.2 Å². The molecule has 1 N–H and O–H groups in total. The number of nitrogens with one attached hydrogen (secondary N) is 1. The van der Waals surface area contributed by atoms with Gasteiger partial charge < -0.3 is 10.2 Å². The zero-order chi connectivity index (χ0) is 23.5. The predicted molar refractivity (Wildman–Crippen MR) is 114 cm³/mol. The molecule has 0 bridgehead atoms. The van der Waals surface area contributed by atoms with Crippen molar-refractivity contribution < 1.29 is 22.8 Å². The van der Waals surface area contributed by atoms with E-state index in [0.717, 1.165) is 23.7 Å². The monoisotopic (exact) mass is 450 g/mol. The molecule has 2 amide bonds. The summed E-state index contributed by atoms with van der Waals surface area (Å²) in [5.41, 5.74) is -0.711. The van der Waals surface area contributed by atoms with Gasteiger partial charge in [-0.2, -0.15) is 18.3 Å². The van der Waals surface area contributed by atoms with Crippen LogP contribution in [0.1, 0.15) is 61.1 Å². The molecule has 1 aromatic carbocycles. The van der Waals surface area contributed by atoms with Crippen molar-refractivity contribution in [2.45, 2.75) is 58.7 Å². The number of aromatic nitrogens is 2. The number of likely N-dealkylation sites (tertiary alicyclic amines) is 1. The van der Waals surface area contributed by atoms with Gasteiger partial charge in [0.15, 0.2) is 5.69 Å². The molecular formula is C23H29F3N4O2. The minimum absolute atomic E-state index is 0.0113. The number of aryl methyl sites for hydroxylation is 1. The third-order valence-corrected chi connectivity index (χ3v) is 6.10. The van der Waals surface area contributed by atoms with Crippen LogP contribution < -0.4 is 5.32 Å². The van der Waals surface area contributed by atoms with Crippen LogP contribution in [-0.2, 0) is 11.0 Å². The molecular weight excluding hydrogens is 421 g/mol. The Kier molecular flexibility index (Phi) is 7.26.